The third kappa shape index (κ3) is 4.99. The third-order valence-corrected chi connectivity index (χ3v) is 6.75. The number of amides is 2. The van der Waals surface area contributed by atoms with Gasteiger partial charge in [0.1, 0.15) is 23.0 Å². The summed E-state index contributed by atoms with van der Waals surface area (Å²) in [6.07, 6.45) is 4.62. The van der Waals surface area contributed by atoms with Crippen LogP contribution >= 0.6 is 0 Å². The monoisotopic (exact) mass is 467 g/mol. The van der Waals surface area contributed by atoms with E-state index in [9.17, 15) is 27.5 Å². The largest absolute Gasteiger partial charge is 0.510 e. The second-order valence-electron chi connectivity index (χ2n) is 7.92. The molecule has 2 fully saturated rings. The van der Waals surface area contributed by atoms with Gasteiger partial charge in [0.15, 0.2) is 15.5 Å². The number of morpholine rings is 1. The van der Waals surface area contributed by atoms with Crippen molar-refractivity contribution in [3.8, 4) is 0 Å². The van der Waals surface area contributed by atoms with Crippen molar-refractivity contribution >= 4 is 28.0 Å². The number of aliphatic hydroxyl groups is 1. The SMILES string of the molecule is C/C(O)=C(\N=C1/N(C=O)CCOC12CCCC2)C(=O)NCc1ccc(F)cc1S(C)(=O)=O. The molecule has 1 aliphatic carbocycles. The van der Waals surface area contributed by atoms with Gasteiger partial charge in [0.25, 0.3) is 5.91 Å². The van der Waals surface area contributed by atoms with Gasteiger partial charge in [0.05, 0.1) is 18.0 Å². The number of hydrogen-bond donors (Lipinski definition) is 2. The predicted molar refractivity (Wildman–Crippen MR) is 114 cm³/mol. The molecule has 2 N–H and O–H groups in total. The maximum absolute atomic E-state index is 13.5. The molecule has 1 aliphatic heterocycles. The summed E-state index contributed by atoms with van der Waals surface area (Å²) in [5.74, 6) is -1.59. The van der Waals surface area contributed by atoms with Crippen molar-refractivity contribution in [2.45, 2.75) is 49.6 Å². The highest BCUT2D eigenvalue weighted by atomic mass is 32.2. The topological polar surface area (TPSA) is 125 Å². The van der Waals surface area contributed by atoms with E-state index < -0.39 is 27.2 Å². The van der Waals surface area contributed by atoms with Crippen molar-refractivity contribution in [1.29, 1.82) is 0 Å². The van der Waals surface area contributed by atoms with E-state index in [2.05, 4.69) is 10.3 Å². The smallest absolute Gasteiger partial charge is 0.273 e. The second-order valence-corrected chi connectivity index (χ2v) is 9.91. The first-order chi connectivity index (χ1) is 15.1. The van der Waals surface area contributed by atoms with Crippen molar-refractivity contribution < 1.29 is 32.2 Å². The van der Waals surface area contributed by atoms with Crippen LogP contribution in [-0.4, -0.2) is 61.6 Å². The Kier molecular flexibility index (Phi) is 6.99. The molecule has 1 saturated heterocycles. The Morgan fingerprint density at radius 3 is 2.66 bits per heavy atom. The minimum Gasteiger partial charge on any atom is -0.510 e. The van der Waals surface area contributed by atoms with Crippen LogP contribution in [0, 0.1) is 5.82 Å². The Morgan fingerprint density at radius 1 is 1.38 bits per heavy atom. The number of hydrogen-bond acceptors (Lipinski definition) is 7. The average molecular weight is 468 g/mol. The maximum Gasteiger partial charge on any atom is 0.273 e. The quantitative estimate of drug-likeness (QED) is 0.374. The number of carbonyl (C=O) groups excluding carboxylic acids is 2. The molecule has 32 heavy (non-hydrogen) atoms. The van der Waals surface area contributed by atoms with E-state index >= 15 is 0 Å². The third-order valence-electron chi connectivity index (χ3n) is 5.57. The van der Waals surface area contributed by atoms with Gasteiger partial charge in [-0.1, -0.05) is 6.07 Å². The number of allylic oxidation sites excluding steroid dienone is 1. The molecule has 1 heterocycles. The first-order valence-electron chi connectivity index (χ1n) is 10.2. The molecule has 0 aromatic heterocycles. The minimum absolute atomic E-state index is 0.188. The number of amidine groups is 1. The van der Waals surface area contributed by atoms with Crippen LogP contribution in [0.1, 0.15) is 38.2 Å². The summed E-state index contributed by atoms with van der Waals surface area (Å²) >= 11 is 0. The van der Waals surface area contributed by atoms with Gasteiger partial charge < -0.3 is 15.2 Å². The molecule has 0 unspecified atom stereocenters. The van der Waals surface area contributed by atoms with Crippen molar-refractivity contribution in [3.05, 3.63) is 41.0 Å². The zero-order chi connectivity index (χ0) is 23.5. The van der Waals surface area contributed by atoms with Gasteiger partial charge in [-0.3, -0.25) is 14.5 Å². The number of ether oxygens (including phenoxy) is 1. The van der Waals surface area contributed by atoms with Crippen LogP contribution in [0.2, 0.25) is 0 Å². The fourth-order valence-electron chi connectivity index (χ4n) is 4.04. The van der Waals surface area contributed by atoms with Crippen LogP contribution in [-0.2, 0) is 30.7 Å². The van der Waals surface area contributed by atoms with E-state index in [0.717, 1.165) is 31.2 Å². The van der Waals surface area contributed by atoms with Crippen molar-refractivity contribution in [3.63, 3.8) is 0 Å². The maximum atomic E-state index is 13.5. The number of carbonyl (C=O) groups is 2. The molecule has 1 spiro atoms. The van der Waals surface area contributed by atoms with Gasteiger partial charge >= 0.3 is 0 Å². The number of rotatable bonds is 6. The zero-order valence-corrected chi connectivity index (χ0v) is 18.7. The molecule has 2 aliphatic rings. The molecule has 11 heteroatoms. The molecular formula is C21H26FN3O6S. The molecule has 0 bridgehead atoms. The average Bonchev–Trinajstić information content (AvgIpc) is 3.19. The molecule has 1 aromatic rings. The molecule has 1 saturated carbocycles. The molecular weight excluding hydrogens is 441 g/mol. The summed E-state index contributed by atoms with van der Waals surface area (Å²) in [7, 11) is -3.73. The highest BCUT2D eigenvalue weighted by Crippen LogP contribution is 2.38. The number of nitrogens with one attached hydrogen (secondary N) is 1. The summed E-state index contributed by atoms with van der Waals surface area (Å²) < 4.78 is 43.4. The highest BCUT2D eigenvalue weighted by Gasteiger charge is 2.45. The lowest BCUT2D eigenvalue weighted by Gasteiger charge is -2.40. The lowest BCUT2D eigenvalue weighted by Crippen LogP contribution is -2.55. The van der Waals surface area contributed by atoms with E-state index in [-0.39, 0.29) is 40.8 Å². The van der Waals surface area contributed by atoms with Gasteiger partial charge in [-0.25, -0.2) is 17.8 Å². The van der Waals surface area contributed by atoms with E-state index in [0.29, 0.717) is 25.9 Å². The molecule has 1 aromatic carbocycles. The van der Waals surface area contributed by atoms with Gasteiger partial charge in [-0.2, -0.15) is 0 Å². The Hall–Kier alpha value is -2.79. The zero-order valence-electron chi connectivity index (χ0n) is 17.9. The molecule has 3 rings (SSSR count). The van der Waals surface area contributed by atoms with E-state index in [1.165, 1.54) is 17.9 Å². The van der Waals surface area contributed by atoms with Gasteiger partial charge in [-0.15, -0.1) is 0 Å². The second kappa shape index (κ2) is 9.37. The Bertz CT molecular complexity index is 1070. The Morgan fingerprint density at radius 2 is 2.06 bits per heavy atom. The number of aliphatic hydroxyl groups excluding tert-OH is 1. The number of benzene rings is 1. The van der Waals surface area contributed by atoms with Crippen LogP contribution in [0.3, 0.4) is 0 Å². The Balaban J connectivity index is 1.89. The molecule has 0 atom stereocenters. The summed E-state index contributed by atoms with van der Waals surface area (Å²) in [6, 6.07) is 3.25. The fraction of sp³-hybridized carbons (Fsp3) is 0.476. The highest BCUT2D eigenvalue weighted by molar-refractivity contribution is 7.90. The number of sulfone groups is 1. The van der Waals surface area contributed by atoms with Gasteiger partial charge in [0, 0.05) is 12.8 Å². The molecule has 174 valence electrons. The first-order valence-corrected chi connectivity index (χ1v) is 12.1. The van der Waals surface area contributed by atoms with E-state index in [1.807, 2.05) is 0 Å². The predicted octanol–water partition coefficient (Wildman–Crippen LogP) is 1.83. The summed E-state index contributed by atoms with van der Waals surface area (Å²) in [5, 5.41) is 12.7. The first kappa shape index (κ1) is 23.9. The van der Waals surface area contributed by atoms with Gasteiger partial charge in [-0.05, 0) is 50.3 Å². The number of aliphatic imine (C=N–C) groups is 1. The molecule has 9 nitrogen and oxygen atoms in total. The van der Waals surface area contributed by atoms with Crippen LogP contribution in [0.4, 0.5) is 4.39 Å². The van der Waals surface area contributed by atoms with Crippen molar-refractivity contribution in [2.24, 2.45) is 4.99 Å². The van der Waals surface area contributed by atoms with Crippen LogP contribution in [0.5, 0.6) is 0 Å². The lowest BCUT2D eigenvalue weighted by molar-refractivity contribution is -0.120. The molecule has 0 radical (unpaired) electrons. The van der Waals surface area contributed by atoms with Crippen molar-refractivity contribution in [2.75, 3.05) is 19.4 Å². The molecule has 2 amide bonds. The fourth-order valence-corrected chi connectivity index (χ4v) is 4.98. The number of nitrogens with zero attached hydrogens (tertiary/aromatic N) is 2. The van der Waals surface area contributed by atoms with Crippen molar-refractivity contribution in [1.82, 2.24) is 10.2 Å². The summed E-state index contributed by atoms with van der Waals surface area (Å²) in [5.41, 5.74) is -0.917. The van der Waals surface area contributed by atoms with Gasteiger partial charge in [0.2, 0.25) is 6.41 Å². The summed E-state index contributed by atoms with van der Waals surface area (Å²) in [4.78, 5) is 30.0. The number of halogens is 1. The lowest BCUT2D eigenvalue weighted by atomic mass is 9.97. The van der Waals surface area contributed by atoms with E-state index in [1.54, 1.807) is 0 Å². The van der Waals surface area contributed by atoms with E-state index in [4.69, 9.17) is 4.74 Å². The minimum atomic E-state index is -3.73. The standard InChI is InChI=1S/C21H26FN3O6S/c1-14(27)18(24-20-21(7-3-4-8-21)31-10-9-25(20)13-26)19(28)23-12-15-5-6-16(22)11-17(15)32(2,29)30/h5-6,11,13,27H,3-4,7-10,12H2,1-2H3,(H,23,28)/b18-14+,24-20-. The Labute approximate surface area is 185 Å². The van der Waals surface area contributed by atoms with Crippen LogP contribution in [0.25, 0.3) is 0 Å². The van der Waals surface area contributed by atoms with Crippen LogP contribution in [0.15, 0.2) is 39.5 Å². The van der Waals surface area contributed by atoms with Crippen LogP contribution < -0.4 is 5.32 Å². The normalized spacial score (nSPS) is 20.3. The summed E-state index contributed by atoms with van der Waals surface area (Å²) in [6.45, 7) is 1.67.